The van der Waals surface area contributed by atoms with Crippen molar-refractivity contribution in [2.45, 2.75) is 58.0 Å². The number of piperidine rings is 1. The van der Waals surface area contributed by atoms with Gasteiger partial charge in [0.05, 0.1) is 0 Å². The summed E-state index contributed by atoms with van der Waals surface area (Å²) in [5.74, 6) is 1.05. The largest absolute Gasteiger partial charge is 0.295 e. The number of fused-ring (bicyclic) bond motifs is 1. The van der Waals surface area contributed by atoms with E-state index in [1.165, 1.54) is 32.2 Å². The highest BCUT2D eigenvalue weighted by molar-refractivity contribution is 4.96. The maximum atomic E-state index is 2.73. The van der Waals surface area contributed by atoms with E-state index in [0.29, 0.717) is 5.54 Å². The van der Waals surface area contributed by atoms with Crippen molar-refractivity contribution >= 4 is 0 Å². The zero-order chi connectivity index (χ0) is 8.77. The van der Waals surface area contributed by atoms with Crippen LogP contribution < -0.4 is 0 Å². The summed E-state index contributed by atoms with van der Waals surface area (Å²) in [4.78, 5) is 2.73. The highest BCUT2D eigenvalue weighted by Gasteiger charge is 2.41. The highest BCUT2D eigenvalue weighted by Crippen LogP contribution is 2.41. The molecule has 0 bridgehead atoms. The van der Waals surface area contributed by atoms with Crippen molar-refractivity contribution < 1.29 is 0 Å². The van der Waals surface area contributed by atoms with Crippen LogP contribution in [0.15, 0.2) is 0 Å². The third-order valence-electron chi connectivity index (χ3n) is 3.61. The second-order valence-corrected chi connectivity index (χ2v) is 5.41. The van der Waals surface area contributed by atoms with Crippen molar-refractivity contribution in [2.24, 2.45) is 5.92 Å². The first kappa shape index (κ1) is 8.55. The predicted molar refractivity (Wildman–Crippen MR) is 52.2 cm³/mol. The lowest BCUT2D eigenvalue weighted by atomic mass is 9.72. The van der Waals surface area contributed by atoms with Crippen molar-refractivity contribution in [1.82, 2.24) is 4.90 Å². The third kappa shape index (κ3) is 1.28. The summed E-state index contributed by atoms with van der Waals surface area (Å²) in [6.07, 6.45) is 5.88. The van der Waals surface area contributed by atoms with E-state index in [1.807, 2.05) is 0 Å². The van der Waals surface area contributed by atoms with Crippen molar-refractivity contribution in [3.05, 3.63) is 0 Å². The molecule has 2 atom stereocenters. The highest BCUT2D eigenvalue weighted by atomic mass is 15.2. The molecular weight excluding hydrogens is 146 g/mol. The van der Waals surface area contributed by atoms with Gasteiger partial charge < -0.3 is 0 Å². The summed E-state index contributed by atoms with van der Waals surface area (Å²) in [6.45, 7) is 8.40. The van der Waals surface area contributed by atoms with Crippen molar-refractivity contribution in [3.63, 3.8) is 0 Å². The Labute approximate surface area is 76.1 Å². The standard InChI is InChI=1S/C11H21N/c1-11(2,3)12-8-4-5-9-6-7-10(9)12/h9-10H,4-8H2,1-3H3. The molecule has 0 N–H and O–H groups in total. The molecule has 1 aliphatic heterocycles. The molecule has 2 rings (SSSR count). The lowest BCUT2D eigenvalue weighted by molar-refractivity contribution is -0.0364. The summed E-state index contributed by atoms with van der Waals surface area (Å²) in [5, 5.41) is 0. The van der Waals surface area contributed by atoms with E-state index in [2.05, 4.69) is 25.7 Å². The molecule has 0 amide bonds. The van der Waals surface area contributed by atoms with Crippen LogP contribution in [0.1, 0.15) is 46.5 Å². The molecule has 0 aromatic rings. The SMILES string of the molecule is CC(C)(C)N1CCCC2CCC21. The van der Waals surface area contributed by atoms with Crippen LogP contribution in [-0.2, 0) is 0 Å². The van der Waals surface area contributed by atoms with Gasteiger partial charge in [-0.25, -0.2) is 0 Å². The Morgan fingerprint density at radius 3 is 2.25 bits per heavy atom. The Kier molecular flexibility index (Phi) is 1.95. The van der Waals surface area contributed by atoms with Crippen LogP contribution in [0.4, 0.5) is 0 Å². The lowest BCUT2D eigenvalue weighted by Crippen LogP contribution is -2.58. The Morgan fingerprint density at radius 1 is 1.08 bits per heavy atom. The van der Waals surface area contributed by atoms with Crippen molar-refractivity contribution in [2.75, 3.05) is 6.54 Å². The molecule has 1 saturated carbocycles. The summed E-state index contributed by atoms with van der Waals surface area (Å²) >= 11 is 0. The van der Waals surface area contributed by atoms with Crippen molar-refractivity contribution in [3.8, 4) is 0 Å². The molecule has 0 radical (unpaired) electrons. The molecule has 1 saturated heterocycles. The first-order valence-corrected chi connectivity index (χ1v) is 5.36. The summed E-state index contributed by atoms with van der Waals surface area (Å²) < 4.78 is 0. The van der Waals surface area contributed by atoms with Crippen LogP contribution in [-0.4, -0.2) is 23.0 Å². The topological polar surface area (TPSA) is 3.24 Å². The molecule has 70 valence electrons. The Bertz CT molecular complexity index is 168. The van der Waals surface area contributed by atoms with E-state index in [0.717, 1.165) is 12.0 Å². The number of hydrogen-bond donors (Lipinski definition) is 0. The molecule has 1 aliphatic carbocycles. The Balaban J connectivity index is 2.05. The molecule has 1 heterocycles. The van der Waals surface area contributed by atoms with Crippen LogP contribution in [0.3, 0.4) is 0 Å². The van der Waals surface area contributed by atoms with Gasteiger partial charge in [-0.2, -0.15) is 0 Å². The first-order valence-electron chi connectivity index (χ1n) is 5.36. The van der Waals surface area contributed by atoms with Gasteiger partial charge in [-0.3, -0.25) is 4.90 Å². The van der Waals surface area contributed by atoms with E-state index in [9.17, 15) is 0 Å². The molecule has 2 fully saturated rings. The summed E-state index contributed by atoms with van der Waals surface area (Å²) in [5.41, 5.74) is 0.407. The summed E-state index contributed by atoms with van der Waals surface area (Å²) in [6, 6.07) is 0.943. The summed E-state index contributed by atoms with van der Waals surface area (Å²) in [7, 11) is 0. The minimum absolute atomic E-state index is 0.407. The fraction of sp³-hybridized carbons (Fsp3) is 1.00. The van der Waals surface area contributed by atoms with Crippen LogP contribution >= 0.6 is 0 Å². The van der Waals surface area contributed by atoms with E-state index in [4.69, 9.17) is 0 Å². The van der Waals surface area contributed by atoms with E-state index >= 15 is 0 Å². The molecule has 1 heteroatoms. The van der Waals surface area contributed by atoms with E-state index in [1.54, 1.807) is 0 Å². The molecule has 12 heavy (non-hydrogen) atoms. The minimum atomic E-state index is 0.407. The number of likely N-dealkylation sites (tertiary alicyclic amines) is 1. The van der Waals surface area contributed by atoms with Gasteiger partial charge in [-0.15, -0.1) is 0 Å². The average molecular weight is 167 g/mol. The number of hydrogen-bond acceptors (Lipinski definition) is 1. The zero-order valence-corrected chi connectivity index (χ0v) is 8.64. The second kappa shape index (κ2) is 2.73. The van der Waals surface area contributed by atoms with Crippen LogP contribution in [0.5, 0.6) is 0 Å². The van der Waals surface area contributed by atoms with Crippen LogP contribution in [0.2, 0.25) is 0 Å². The molecule has 0 spiro atoms. The van der Waals surface area contributed by atoms with Crippen LogP contribution in [0.25, 0.3) is 0 Å². The molecule has 0 aromatic heterocycles. The predicted octanol–water partition coefficient (Wildman–Crippen LogP) is 2.66. The fourth-order valence-corrected chi connectivity index (χ4v) is 2.82. The normalized spacial score (nSPS) is 37.2. The maximum Gasteiger partial charge on any atom is 0.0129 e. The van der Waals surface area contributed by atoms with Gasteiger partial charge in [-0.05, 0) is 58.9 Å². The molecular formula is C11H21N. The van der Waals surface area contributed by atoms with E-state index in [-0.39, 0.29) is 0 Å². The van der Waals surface area contributed by atoms with Gasteiger partial charge in [0, 0.05) is 11.6 Å². The van der Waals surface area contributed by atoms with E-state index < -0.39 is 0 Å². The first-order chi connectivity index (χ1) is 5.59. The van der Waals surface area contributed by atoms with Gasteiger partial charge in [0.2, 0.25) is 0 Å². The third-order valence-corrected chi connectivity index (χ3v) is 3.61. The second-order valence-electron chi connectivity index (χ2n) is 5.41. The fourth-order valence-electron chi connectivity index (χ4n) is 2.82. The quantitative estimate of drug-likeness (QED) is 0.536. The average Bonchev–Trinajstić information content (AvgIpc) is 1.88. The molecule has 2 unspecified atom stereocenters. The monoisotopic (exact) mass is 167 g/mol. The number of nitrogens with zero attached hydrogens (tertiary/aromatic N) is 1. The molecule has 0 aromatic carbocycles. The van der Waals surface area contributed by atoms with Crippen LogP contribution in [0, 0.1) is 5.92 Å². The van der Waals surface area contributed by atoms with Gasteiger partial charge >= 0.3 is 0 Å². The van der Waals surface area contributed by atoms with Gasteiger partial charge in [0.15, 0.2) is 0 Å². The smallest absolute Gasteiger partial charge is 0.0129 e. The zero-order valence-electron chi connectivity index (χ0n) is 8.64. The Morgan fingerprint density at radius 2 is 1.83 bits per heavy atom. The Hall–Kier alpha value is -0.0400. The van der Waals surface area contributed by atoms with Gasteiger partial charge in [-0.1, -0.05) is 0 Å². The maximum absolute atomic E-state index is 2.73. The number of rotatable bonds is 0. The minimum Gasteiger partial charge on any atom is -0.295 e. The van der Waals surface area contributed by atoms with Crippen molar-refractivity contribution in [1.29, 1.82) is 0 Å². The molecule has 2 aliphatic rings. The molecule has 1 nitrogen and oxygen atoms in total. The van der Waals surface area contributed by atoms with Gasteiger partial charge in [0.1, 0.15) is 0 Å². The van der Waals surface area contributed by atoms with Gasteiger partial charge in [0.25, 0.3) is 0 Å². The lowest BCUT2D eigenvalue weighted by Gasteiger charge is -2.53.